The largest absolute Gasteiger partial charge is 0.383 e. The number of aromatic nitrogens is 1. The maximum Gasteiger partial charge on any atom is 0.0639 e. The van der Waals surface area contributed by atoms with E-state index < -0.39 is 0 Å². The van der Waals surface area contributed by atoms with E-state index in [2.05, 4.69) is 42.2 Å². The summed E-state index contributed by atoms with van der Waals surface area (Å²) in [5.41, 5.74) is 1.33. The van der Waals surface area contributed by atoms with Crippen molar-refractivity contribution in [2.75, 3.05) is 13.7 Å². The topological polar surface area (TPSA) is 26.2 Å². The van der Waals surface area contributed by atoms with Crippen molar-refractivity contribution in [1.82, 2.24) is 9.88 Å². The Balaban J connectivity index is 2.40. The molecule has 3 nitrogen and oxygen atoms in total. The molecule has 14 heavy (non-hydrogen) atoms. The van der Waals surface area contributed by atoms with Crippen LogP contribution in [0, 0.1) is 0 Å². The molecule has 0 aromatic carbocycles. The number of rotatable bonds is 5. The molecule has 0 aliphatic carbocycles. The Hall–Kier alpha value is -0.800. The number of ether oxygens (including phenoxy) is 1. The van der Waals surface area contributed by atoms with Crippen LogP contribution in [0.5, 0.6) is 0 Å². The fourth-order valence-electron chi connectivity index (χ4n) is 1.42. The molecule has 1 aromatic rings. The number of methoxy groups -OCH3 is 1. The van der Waals surface area contributed by atoms with Crippen LogP contribution >= 0.6 is 0 Å². The lowest BCUT2D eigenvalue weighted by Gasteiger charge is -2.25. The van der Waals surface area contributed by atoms with E-state index in [0.29, 0.717) is 0 Å². The molecule has 0 aliphatic rings. The van der Waals surface area contributed by atoms with Crippen molar-refractivity contribution in [1.29, 1.82) is 0 Å². The molecule has 1 aromatic heterocycles. The molecule has 0 unspecified atom stereocenters. The van der Waals surface area contributed by atoms with Crippen molar-refractivity contribution in [3.8, 4) is 0 Å². The second kappa shape index (κ2) is 4.62. The minimum absolute atomic E-state index is 0.0323. The van der Waals surface area contributed by atoms with Crippen LogP contribution in [0.2, 0.25) is 0 Å². The average molecular weight is 196 g/mol. The molecule has 0 radical (unpaired) electrons. The predicted molar refractivity (Wildman–Crippen MR) is 58.2 cm³/mol. The second-order valence-corrected chi connectivity index (χ2v) is 4.36. The smallest absolute Gasteiger partial charge is 0.0639 e. The number of nitrogens with one attached hydrogen (secondary N) is 1. The van der Waals surface area contributed by atoms with Crippen molar-refractivity contribution in [3.05, 3.63) is 24.0 Å². The first-order chi connectivity index (χ1) is 6.53. The SMILES string of the molecule is COCC(C)(C)NCc1ccn(C)c1. The van der Waals surface area contributed by atoms with E-state index in [1.807, 2.05) is 7.05 Å². The fourth-order valence-corrected chi connectivity index (χ4v) is 1.42. The molecule has 0 saturated heterocycles. The molecule has 1 N–H and O–H groups in total. The van der Waals surface area contributed by atoms with E-state index in [-0.39, 0.29) is 5.54 Å². The third-order valence-electron chi connectivity index (χ3n) is 2.17. The summed E-state index contributed by atoms with van der Waals surface area (Å²) < 4.78 is 7.19. The Morgan fingerprint density at radius 2 is 2.21 bits per heavy atom. The fraction of sp³-hybridized carbons (Fsp3) is 0.636. The summed E-state index contributed by atoms with van der Waals surface area (Å²) in [6.45, 7) is 5.88. The summed E-state index contributed by atoms with van der Waals surface area (Å²) >= 11 is 0. The van der Waals surface area contributed by atoms with Crippen LogP contribution < -0.4 is 5.32 Å². The van der Waals surface area contributed by atoms with E-state index in [9.17, 15) is 0 Å². The van der Waals surface area contributed by atoms with Gasteiger partial charge < -0.3 is 14.6 Å². The van der Waals surface area contributed by atoms with Crippen molar-refractivity contribution in [2.24, 2.45) is 7.05 Å². The van der Waals surface area contributed by atoms with Crippen molar-refractivity contribution < 1.29 is 4.74 Å². The maximum atomic E-state index is 5.13. The zero-order valence-electron chi connectivity index (χ0n) is 9.50. The molecule has 0 fully saturated rings. The number of hydrogen-bond donors (Lipinski definition) is 1. The lowest BCUT2D eigenvalue weighted by atomic mass is 10.1. The highest BCUT2D eigenvalue weighted by Gasteiger charge is 2.16. The van der Waals surface area contributed by atoms with E-state index >= 15 is 0 Å². The molecule has 0 saturated carbocycles. The molecule has 1 heterocycles. The van der Waals surface area contributed by atoms with Gasteiger partial charge in [0.2, 0.25) is 0 Å². The zero-order valence-corrected chi connectivity index (χ0v) is 9.50. The average Bonchev–Trinajstić information content (AvgIpc) is 2.48. The standard InChI is InChI=1S/C11H20N2O/c1-11(2,9-14-4)12-7-10-5-6-13(3)8-10/h5-6,8,12H,7,9H2,1-4H3. The van der Waals surface area contributed by atoms with Crippen LogP contribution in [0.25, 0.3) is 0 Å². The van der Waals surface area contributed by atoms with Gasteiger partial charge in [-0.1, -0.05) is 0 Å². The van der Waals surface area contributed by atoms with Crippen molar-refractivity contribution in [3.63, 3.8) is 0 Å². The summed E-state index contributed by atoms with van der Waals surface area (Å²) in [5, 5.41) is 3.45. The lowest BCUT2D eigenvalue weighted by Crippen LogP contribution is -2.42. The molecular weight excluding hydrogens is 176 g/mol. The van der Waals surface area contributed by atoms with Gasteiger partial charge in [-0.05, 0) is 25.5 Å². The van der Waals surface area contributed by atoms with E-state index in [1.165, 1.54) is 5.56 Å². The first-order valence-electron chi connectivity index (χ1n) is 4.88. The summed E-state index contributed by atoms with van der Waals surface area (Å²) in [5.74, 6) is 0. The van der Waals surface area contributed by atoms with Gasteiger partial charge in [0.25, 0.3) is 0 Å². The quantitative estimate of drug-likeness (QED) is 0.773. The minimum Gasteiger partial charge on any atom is -0.383 e. The van der Waals surface area contributed by atoms with Crippen LogP contribution in [-0.4, -0.2) is 23.8 Å². The van der Waals surface area contributed by atoms with Crippen LogP contribution in [0.3, 0.4) is 0 Å². The van der Waals surface area contributed by atoms with E-state index in [1.54, 1.807) is 7.11 Å². The Morgan fingerprint density at radius 1 is 1.50 bits per heavy atom. The number of hydrogen-bond acceptors (Lipinski definition) is 2. The van der Waals surface area contributed by atoms with Crippen LogP contribution in [-0.2, 0) is 18.3 Å². The minimum atomic E-state index is 0.0323. The summed E-state index contributed by atoms with van der Waals surface area (Å²) in [6, 6.07) is 2.12. The van der Waals surface area contributed by atoms with Gasteiger partial charge in [-0.15, -0.1) is 0 Å². The Kier molecular flexibility index (Phi) is 3.72. The van der Waals surface area contributed by atoms with Crippen molar-refractivity contribution >= 4 is 0 Å². The molecule has 0 aliphatic heterocycles. The third-order valence-corrected chi connectivity index (χ3v) is 2.17. The number of aryl methyl sites for hydroxylation is 1. The predicted octanol–water partition coefficient (Wildman–Crippen LogP) is 1.54. The van der Waals surface area contributed by atoms with Gasteiger partial charge in [-0.3, -0.25) is 0 Å². The monoisotopic (exact) mass is 196 g/mol. The Bertz CT molecular complexity index is 279. The molecule has 3 heteroatoms. The van der Waals surface area contributed by atoms with Gasteiger partial charge in [0.05, 0.1) is 6.61 Å². The summed E-state index contributed by atoms with van der Waals surface area (Å²) in [4.78, 5) is 0. The highest BCUT2D eigenvalue weighted by atomic mass is 16.5. The second-order valence-electron chi connectivity index (χ2n) is 4.36. The molecule has 0 atom stereocenters. The zero-order chi connectivity index (χ0) is 10.6. The summed E-state index contributed by atoms with van der Waals surface area (Å²) in [6.07, 6.45) is 4.18. The van der Waals surface area contributed by atoms with Gasteiger partial charge in [0.1, 0.15) is 0 Å². The molecule has 80 valence electrons. The molecular formula is C11H20N2O. The molecule has 0 amide bonds. The maximum absolute atomic E-state index is 5.13. The normalized spacial score (nSPS) is 12.0. The van der Waals surface area contributed by atoms with Crippen molar-refractivity contribution in [2.45, 2.75) is 25.9 Å². The third kappa shape index (κ3) is 3.52. The first-order valence-corrected chi connectivity index (χ1v) is 4.88. The lowest BCUT2D eigenvalue weighted by molar-refractivity contribution is 0.128. The molecule has 0 spiro atoms. The van der Waals surface area contributed by atoms with Crippen LogP contribution in [0.15, 0.2) is 18.5 Å². The highest BCUT2D eigenvalue weighted by Crippen LogP contribution is 2.05. The van der Waals surface area contributed by atoms with Gasteiger partial charge in [0.15, 0.2) is 0 Å². The van der Waals surface area contributed by atoms with Gasteiger partial charge >= 0.3 is 0 Å². The van der Waals surface area contributed by atoms with Crippen LogP contribution in [0.4, 0.5) is 0 Å². The van der Waals surface area contributed by atoms with E-state index in [4.69, 9.17) is 4.74 Å². The molecule has 1 rings (SSSR count). The van der Waals surface area contributed by atoms with Gasteiger partial charge in [-0.2, -0.15) is 0 Å². The van der Waals surface area contributed by atoms with Gasteiger partial charge in [-0.25, -0.2) is 0 Å². The van der Waals surface area contributed by atoms with Crippen LogP contribution in [0.1, 0.15) is 19.4 Å². The van der Waals surface area contributed by atoms with Gasteiger partial charge in [0, 0.05) is 38.6 Å². The molecule has 0 bridgehead atoms. The first kappa shape index (κ1) is 11.3. The summed E-state index contributed by atoms with van der Waals surface area (Å²) in [7, 11) is 3.76. The highest BCUT2D eigenvalue weighted by molar-refractivity contribution is 5.09. The Morgan fingerprint density at radius 3 is 2.71 bits per heavy atom. The Labute approximate surface area is 86.1 Å². The number of nitrogens with zero attached hydrogens (tertiary/aromatic N) is 1. The van der Waals surface area contributed by atoms with E-state index in [0.717, 1.165) is 13.2 Å².